The minimum Gasteiger partial charge on any atom is -0.444 e. The van der Waals surface area contributed by atoms with E-state index in [1.165, 1.54) is 4.90 Å². The minimum atomic E-state index is -1.25. The fourth-order valence-corrected chi connectivity index (χ4v) is 4.01. The lowest BCUT2D eigenvalue weighted by Gasteiger charge is -2.35. The average molecular weight is 489 g/mol. The molecule has 0 aromatic heterocycles. The summed E-state index contributed by atoms with van der Waals surface area (Å²) in [5.41, 5.74) is 6.24. The van der Waals surface area contributed by atoms with Crippen molar-refractivity contribution >= 4 is 23.8 Å². The third-order valence-electron chi connectivity index (χ3n) is 5.58. The third-order valence-corrected chi connectivity index (χ3v) is 5.58. The summed E-state index contributed by atoms with van der Waals surface area (Å²) >= 11 is 0. The maximum atomic E-state index is 13.8. The van der Waals surface area contributed by atoms with E-state index in [1.54, 1.807) is 20.8 Å². The summed E-state index contributed by atoms with van der Waals surface area (Å²) in [4.78, 5) is 53.2. The van der Waals surface area contributed by atoms with Gasteiger partial charge in [-0.15, -0.1) is 0 Å². The van der Waals surface area contributed by atoms with E-state index in [1.807, 2.05) is 45.0 Å². The van der Waals surface area contributed by atoms with Crippen LogP contribution in [0.1, 0.15) is 83.9 Å². The van der Waals surface area contributed by atoms with E-state index in [0.717, 1.165) is 31.2 Å². The average Bonchev–Trinajstić information content (AvgIpc) is 3.54. The Bertz CT molecular complexity index is 923. The standard InChI is InChI=1S/C26H40N4O5/c1-7-9-17(3)28-23(32)22(18-11-8-10-16(2)14-18)30(19-12-13-19)24(33)20(15-21(27)31)29-25(34)35-26(4,5)6/h8,10-11,14,17,19-20,22H,7,9,12-13,15H2,1-6H3,(H2,27,31)(H,28,32)(H,29,34). The summed E-state index contributed by atoms with van der Waals surface area (Å²) in [6, 6.07) is 5.03. The van der Waals surface area contributed by atoms with Crippen LogP contribution in [0.5, 0.6) is 0 Å². The Balaban J connectivity index is 2.44. The molecule has 0 heterocycles. The molecule has 1 aromatic carbocycles. The van der Waals surface area contributed by atoms with E-state index in [2.05, 4.69) is 10.6 Å². The van der Waals surface area contributed by atoms with Gasteiger partial charge in [-0.3, -0.25) is 14.4 Å². The number of benzene rings is 1. The van der Waals surface area contributed by atoms with Gasteiger partial charge in [-0.05, 0) is 59.4 Å². The Morgan fingerprint density at radius 3 is 2.34 bits per heavy atom. The molecule has 9 heteroatoms. The topological polar surface area (TPSA) is 131 Å². The van der Waals surface area contributed by atoms with Crippen molar-refractivity contribution in [2.24, 2.45) is 5.73 Å². The summed E-state index contributed by atoms with van der Waals surface area (Å²) in [5.74, 6) is -1.59. The number of carbonyl (C=O) groups excluding carboxylic acids is 4. The first-order valence-electron chi connectivity index (χ1n) is 12.3. The molecule has 9 nitrogen and oxygen atoms in total. The quantitative estimate of drug-likeness (QED) is 0.440. The van der Waals surface area contributed by atoms with E-state index in [0.29, 0.717) is 5.56 Å². The number of hydrogen-bond acceptors (Lipinski definition) is 5. The van der Waals surface area contributed by atoms with Gasteiger partial charge in [-0.25, -0.2) is 4.79 Å². The molecule has 3 unspecified atom stereocenters. The van der Waals surface area contributed by atoms with Gasteiger partial charge >= 0.3 is 6.09 Å². The number of nitrogens with zero attached hydrogens (tertiary/aromatic N) is 1. The van der Waals surface area contributed by atoms with Crippen molar-refractivity contribution in [2.45, 2.75) is 103 Å². The first-order valence-corrected chi connectivity index (χ1v) is 12.3. The zero-order valence-corrected chi connectivity index (χ0v) is 21.7. The Kier molecular flexibility index (Phi) is 9.68. The highest BCUT2D eigenvalue weighted by Crippen LogP contribution is 2.36. The molecule has 1 fully saturated rings. The second kappa shape index (κ2) is 12.0. The predicted molar refractivity (Wildman–Crippen MR) is 133 cm³/mol. The number of ether oxygens (including phenoxy) is 1. The maximum Gasteiger partial charge on any atom is 0.408 e. The predicted octanol–water partition coefficient (Wildman–Crippen LogP) is 3.10. The van der Waals surface area contributed by atoms with Crippen LogP contribution in [0.4, 0.5) is 4.79 Å². The molecule has 1 aliphatic carbocycles. The highest BCUT2D eigenvalue weighted by molar-refractivity contribution is 5.95. The molecule has 194 valence electrons. The highest BCUT2D eigenvalue weighted by Gasteiger charge is 2.44. The lowest BCUT2D eigenvalue weighted by molar-refractivity contribution is -0.144. The molecule has 1 saturated carbocycles. The van der Waals surface area contributed by atoms with Crippen LogP contribution in [-0.2, 0) is 19.1 Å². The van der Waals surface area contributed by atoms with E-state index < -0.39 is 42.0 Å². The maximum absolute atomic E-state index is 13.8. The van der Waals surface area contributed by atoms with Gasteiger partial charge in [0.2, 0.25) is 17.7 Å². The number of nitrogens with one attached hydrogen (secondary N) is 2. The lowest BCUT2D eigenvalue weighted by Crippen LogP contribution is -2.55. The number of rotatable bonds is 11. The highest BCUT2D eigenvalue weighted by atomic mass is 16.6. The SMILES string of the molecule is CCCC(C)NC(=O)C(c1cccc(C)c1)N(C(=O)C(CC(N)=O)NC(=O)OC(C)(C)C)C1CC1. The molecule has 1 aliphatic rings. The van der Waals surface area contributed by atoms with Crippen LogP contribution in [0.3, 0.4) is 0 Å². The summed E-state index contributed by atoms with van der Waals surface area (Å²) < 4.78 is 5.29. The van der Waals surface area contributed by atoms with Crippen molar-refractivity contribution in [3.05, 3.63) is 35.4 Å². The second-order valence-corrected chi connectivity index (χ2v) is 10.4. The zero-order valence-electron chi connectivity index (χ0n) is 21.7. The molecule has 1 aromatic rings. The number of hydrogen-bond donors (Lipinski definition) is 3. The molecule has 3 atom stereocenters. The van der Waals surface area contributed by atoms with Crippen LogP contribution in [-0.4, -0.2) is 52.4 Å². The molecule has 2 rings (SSSR count). The van der Waals surface area contributed by atoms with Crippen molar-refractivity contribution in [1.82, 2.24) is 15.5 Å². The van der Waals surface area contributed by atoms with Crippen LogP contribution in [0.25, 0.3) is 0 Å². The Hall–Kier alpha value is -3.10. The monoisotopic (exact) mass is 488 g/mol. The summed E-state index contributed by atoms with van der Waals surface area (Å²) in [6.45, 7) is 11.0. The fourth-order valence-electron chi connectivity index (χ4n) is 4.01. The van der Waals surface area contributed by atoms with E-state index in [4.69, 9.17) is 10.5 Å². The van der Waals surface area contributed by atoms with Gasteiger partial charge in [0.05, 0.1) is 6.42 Å². The molecule has 4 amide bonds. The number of nitrogens with two attached hydrogens (primary N) is 1. The lowest BCUT2D eigenvalue weighted by atomic mass is 9.99. The van der Waals surface area contributed by atoms with Crippen LogP contribution in [0, 0.1) is 6.92 Å². The number of alkyl carbamates (subject to hydrolysis) is 1. The first kappa shape index (κ1) is 28.1. The van der Waals surface area contributed by atoms with Crippen LogP contribution in [0.15, 0.2) is 24.3 Å². The normalized spacial score (nSPS) is 15.9. The summed E-state index contributed by atoms with van der Waals surface area (Å²) in [6.07, 6.45) is 1.91. The zero-order chi connectivity index (χ0) is 26.3. The summed E-state index contributed by atoms with van der Waals surface area (Å²) in [7, 11) is 0. The summed E-state index contributed by atoms with van der Waals surface area (Å²) in [5, 5.41) is 5.53. The molecule has 4 N–H and O–H groups in total. The molecule has 0 bridgehead atoms. The smallest absolute Gasteiger partial charge is 0.408 e. The second-order valence-electron chi connectivity index (χ2n) is 10.4. The Morgan fingerprint density at radius 2 is 1.83 bits per heavy atom. The fraction of sp³-hybridized carbons (Fsp3) is 0.615. The van der Waals surface area contributed by atoms with Crippen LogP contribution >= 0.6 is 0 Å². The van der Waals surface area contributed by atoms with Crippen molar-refractivity contribution in [3.8, 4) is 0 Å². The van der Waals surface area contributed by atoms with Gasteiger partial charge < -0.3 is 26.0 Å². The van der Waals surface area contributed by atoms with Crippen molar-refractivity contribution in [1.29, 1.82) is 0 Å². The van der Waals surface area contributed by atoms with Crippen LogP contribution in [0.2, 0.25) is 0 Å². The molecular weight excluding hydrogens is 448 g/mol. The molecule has 0 saturated heterocycles. The van der Waals surface area contributed by atoms with E-state index in [-0.39, 0.29) is 18.0 Å². The van der Waals surface area contributed by atoms with Crippen LogP contribution < -0.4 is 16.4 Å². The molecule has 0 aliphatic heterocycles. The van der Waals surface area contributed by atoms with Gasteiger partial charge in [0.1, 0.15) is 17.7 Å². The number of primary amides is 1. The van der Waals surface area contributed by atoms with Crippen molar-refractivity contribution in [3.63, 3.8) is 0 Å². The van der Waals surface area contributed by atoms with E-state index in [9.17, 15) is 19.2 Å². The van der Waals surface area contributed by atoms with Gasteiger partial charge in [0.25, 0.3) is 0 Å². The Morgan fingerprint density at radius 1 is 1.17 bits per heavy atom. The molecule has 0 spiro atoms. The Labute approximate surface area is 208 Å². The largest absolute Gasteiger partial charge is 0.444 e. The van der Waals surface area contributed by atoms with Gasteiger partial charge in [-0.2, -0.15) is 0 Å². The molecular formula is C26H40N4O5. The van der Waals surface area contributed by atoms with Gasteiger partial charge in [0.15, 0.2) is 0 Å². The molecule has 35 heavy (non-hydrogen) atoms. The number of amides is 4. The first-order chi connectivity index (χ1) is 16.3. The minimum absolute atomic E-state index is 0.0720. The number of carbonyl (C=O) groups is 4. The van der Waals surface area contributed by atoms with E-state index >= 15 is 0 Å². The van der Waals surface area contributed by atoms with Crippen molar-refractivity contribution in [2.75, 3.05) is 0 Å². The van der Waals surface area contributed by atoms with Gasteiger partial charge in [0, 0.05) is 12.1 Å². The van der Waals surface area contributed by atoms with Crippen molar-refractivity contribution < 1.29 is 23.9 Å². The van der Waals surface area contributed by atoms with Gasteiger partial charge in [-0.1, -0.05) is 43.2 Å². The number of aryl methyl sites for hydroxylation is 1. The molecule has 0 radical (unpaired) electrons. The third kappa shape index (κ3) is 8.88.